The molecule has 0 aliphatic carbocycles. The summed E-state index contributed by atoms with van der Waals surface area (Å²) in [5.74, 6) is -1.49. The molecule has 0 aliphatic heterocycles. The Bertz CT molecular complexity index is 552. The summed E-state index contributed by atoms with van der Waals surface area (Å²) in [5.41, 5.74) is -1.53. The van der Waals surface area contributed by atoms with Crippen molar-refractivity contribution >= 4 is 16.9 Å². The number of carboxylic acid groups (broad SMARTS) is 1. The van der Waals surface area contributed by atoms with Gasteiger partial charge in [-0.3, -0.25) is 4.98 Å². The molecule has 0 spiro atoms. The van der Waals surface area contributed by atoms with Crippen molar-refractivity contribution in [2.75, 3.05) is 0 Å². The minimum absolute atomic E-state index is 0. The van der Waals surface area contributed by atoms with Crippen molar-refractivity contribution in [3.63, 3.8) is 0 Å². The van der Waals surface area contributed by atoms with Crippen LogP contribution in [0.1, 0.15) is 19.9 Å². The van der Waals surface area contributed by atoms with E-state index in [0.717, 1.165) is 12.3 Å². The van der Waals surface area contributed by atoms with Crippen molar-refractivity contribution in [2.24, 2.45) is 0 Å². The molecule has 0 bridgehead atoms. The lowest BCUT2D eigenvalue weighted by Gasteiger charge is -2.15. The molecule has 1 unspecified atom stereocenters. The Labute approximate surface area is 98.9 Å². The van der Waals surface area contributed by atoms with Crippen LogP contribution < -0.4 is 0 Å². The molecular weight excluding hydrogens is 221 g/mol. The molecular formula is C13H14FNO2. The third kappa shape index (κ3) is 2.25. The van der Waals surface area contributed by atoms with Crippen LogP contribution in [0, 0.1) is 0 Å². The standard InChI is InChI=1S/C12H10FNO2.CH4/c1-12(13,11(15)16)9-4-5-10-8(7-9)3-2-6-14-10;/h2-7H,1H3,(H,15,16);1H4. The Hall–Kier alpha value is -1.97. The van der Waals surface area contributed by atoms with Crippen LogP contribution in [0.5, 0.6) is 0 Å². The number of hydrogen-bond acceptors (Lipinski definition) is 2. The first-order valence-corrected chi connectivity index (χ1v) is 4.79. The fourth-order valence-corrected chi connectivity index (χ4v) is 1.49. The van der Waals surface area contributed by atoms with Gasteiger partial charge in [0.05, 0.1) is 5.52 Å². The van der Waals surface area contributed by atoms with Gasteiger partial charge in [0.1, 0.15) is 0 Å². The predicted molar refractivity (Wildman–Crippen MR) is 64.6 cm³/mol. The summed E-state index contributed by atoms with van der Waals surface area (Å²) in [6.45, 7) is 1.03. The third-order valence-electron chi connectivity index (χ3n) is 2.55. The second-order valence-corrected chi connectivity index (χ2v) is 3.72. The van der Waals surface area contributed by atoms with Gasteiger partial charge in [0.15, 0.2) is 0 Å². The number of nitrogens with zero attached hydrogens (tertiary/aromatic N) is 1. The predicted octanol–water partition coefficient (Wildman–Crippen LogP) is 3.14. The zero-order valence-electron chi connectivity index (χ0n) is 8.64. The highest BCUT2D eigenvalue weighted by atomic mass is 19.1. The Morgan fingerprint density at radius 1 is 1.41 bits per heavy atom. The summed E-state index contributed by atoms with van der Waals surface area (Å²) in [4.78, 5) is 14.8. The highest BCUT2D eigenvalue weighted by Crippen LogP contribution is 2.28. The van der Waals surface area contributed by atoms with Crippen LogP contribution >= 0.6 is 0 Å². The lowest BCUT2D eigenvalue weighted by Crippen LogP contribution is -2.26. The number of aromatic nitrogens is 1. The van der Waals surface area contributed by atoms with Crippen LogP contribution in [0.4, 0.5) is 4.39 Å². The highest BCUT2D eigenvalue weighted by Gasteiger charge is 2.35. The zero-order chi connectivity index (χ0) is 11.8. The maximum Gasteiger partial charge on any atom is 0.345 e. The van der Waals surface area contributed by atoms with E-state index in [1.54, 1.807) is 24.4 Å². The summed E-state index contributed by atoms with van der Waals surface area (Å²) in [6, 6.07) is 8.07. The van der Waals surface area contributed by atoms with Gasteiger partial charge in [0.2, 0.25) is 5.67 Å². The number of pyridine rings is 1. The van der Waals surface area contributed by atoms with Crippen LogP contribution in [0.25, 0.3) is 10.9 Å². The molecule has 0 saturated heterocycles. The van der Waals surface area contributed by atoms with Crippen molar-refractivity contribution in [3.8, 4) is 0 Å². The maximum atomic E-state index is 13.9. The number of halogens is 1. The van der Waals surface area contributed by atoms with E-state index in [2.05, 4.69) is 4.98 Å². The van der Waals surface area contributed by atoms with Crippen molar-refractivity contribution in [2.45, 2.75) is 20.0 Å². The molecule has 1 aromatic heterocycles. The first-order chi connectivity index (χ1) is 7.51. The van der Waals surface area contributed by atoms with Gasteiger partial charge in [-0.2, -0.15) is 0 Å². The monoisotopic (exact) mass is 235 g/mol. The molecule has 2 aromatic rings. The molecule has 2 rings (SSSR count). The fraction of sp³-hybridized carbons (Fsp3) is 0.231. The molecule has 0 saturated carbocycles. The zero-order valence-corrected chi connectivity index (χ0v) is 8.64. The molecule has 1 atom stereocenters. The van der Waals surface area contributed by atoms with Gasteiger partial charge in [0.25, 0.3) is 0 Å². The lowest BCUT2D eigenvalue weighted by atomic mass is 9.96. The molecule has 0 radical (unpaired) electrons. The quantitative estimate of drug-likeness (QED) is 0.869. The Kier molecular flexibility index (Phi) is 3.46. The Balaban J connectivity index is 0.00000144. The second kappa shape index (κ2) is 4.49. The van der Waals surface area contributed by atoms with Crippen LogP contribution in [0.2, 0.25) is 0 Å². The van der Waals surface area contributed by atoms with E-state index < -0.39 is 11.6 Å². The van der Waals surface area contributed by atoms with Crippen LogP contribution in [-0.2, 0) is 10.5 Å². The SMILES string of the molecule is C.CC(F)(C(=O)O)c1ccc2ncccc2c1. The van der Waals surface area contributed by atoms with Gasteiger partial charge in [-0.25, -0.2) is 9.18 Å². The van der Waals surface area contributed by atoms with Gasteiger partial charge in [-0.05, 0) is 25.1 Å². The molecule has 0 fully saturated rings. The number of carbonyl (C=O) groups is 1. The Morgan fingerprint density at radius 2 is 2.12 bits per heavy atom. The first kappa shape index (κ1) is 13.1. The molecule has 1 N–H and O–H groups in total. The number of alkyl halides is 1. The molecule has 0 aliphatic rings. The maximum absolute atomic E-state index is 13.9. The van der Waals surface area contributed by atoms with E-state index >= 15 is 0 Å². The van der Waals surface area contributed by atoms with Crippen molar-refractivity contribution in [1.29, 1.82) is 0 Å². The number of hydrogen-bond donors (Lipinski definition) is 1. The van der Waals surface area contributed by atoms with Gasteiger partial charge in [-0.15, -0.1) is 0 Å². The number of fused-ring (bicyclic) bond motifs is 1. The summed E-state index contributed by atoms with van der Waals surface area (Å²) in [7, 11) is 0. The number of rotatable bonds is 2. The first-order valence-electron chi connectivity index (χ1n) is 4.79. The second-order valence-electron chi connectivity index (χ2n) is 3.72. The Morgan fingerprint density at radius 3 is 2.76 bits per heavy atom. The normalized spacial score (nSPS) is 13.8. The van der Waals surface area contributed by atoms with Crippen LogP contribution in [0.3, 0.4) is 0 Å². The van der Waals surface area contributed by atoms with Gasteiger partial charge < -0.3 is 5.11 Å². The minimum atomic E-state index is -2.37. The molecule has 0 amide bonds. The fourth-order valence-electron chi connectivity index (χ4n) is 1.49. The number of benzene rings is 1. The van der Waals surface area contributed by atoms with E-state index in [9.17, 15) is 9.18 Å². The molecule has 17 heavy (non-hydrogen) atoms. The molecule has 90 valence electrons. The van der Waals surface area contributed by atoms with E-state index in [0.29, 0.717) is 5.52 Å². The van der Waals surface area contributed by atoms with E-state index in [1.165, 1.54) is 12.1 Å². The van der Waals surface area contributed by atoms with Gasteiger partial charge in [-0.1, -0.05) is 19.6 Å². The summed E-state index contributed by atoms with van der Waals surface area (Å²) in [5, 5.41) is 9.50. The molecule has 1 heterocycles. The van der Waals surface area contributed by atoms with Crippen molar-refractivity contribution in [1.82, 2.24) is 4.98 Å². The minimum Gasteiger partial charge on any atom is -0.479 e. The van der Waals surface area contributed by atoms with Gasteiger partial charge in [0, 0.05) is 17.1 Å². The number of carboxylic acids is 1. The highest BCUT2D eigenvalue weighted by molar-refractivity contribution is 5.84. The molecule has 3 nitrogen and oxygen atoms in total. The average Bonchev–Trinajstić information content (AvgIpc) is 2.28. The topological polar surface area (TPSA) is 50.2 Å². The van der Waals surface area contributed by atoms with Crippen molar-refractivity contribution in [3.05, 3.63) is 42.1 Å². The smallest absolute Gasteiger partial charge is 0.345 e. The largest absolute Gasteiger partial charge is 0.479 e. The van der Waals surface area contributed by atoms with E-state index in [1.807, 2.05) is 0 Å². The van der Waals surface area contributed by atoms with Crippen molar-refractivity contribution < 1.29 is 14.3 Å². The molecule has 4 heteroatoms. The van der Waals surface area contributed by atoms with E-state index in [-0.39, 0.29) is 13.0 Å². The molecule has 1 aromatic carbocycles. The lowest BCUT2D eigenvalue weighted by molar-refractivity contribution is -0.150. The van der Waals surface area contributed by atoms with Crippen LogP contribution in [0.15, 0.2) is 36.5 Å². The average molecular weight is 235 g/mol. The number of aliphatic carboxylic acids is 1. The summed E-state index contributed by atoms with van der Waals surface area (Å²) in [6.07, 6.45) is 1.63. The summed E-state index contributed by atoms with van der Waals surface area (Å²) < 4.78 is 13.9. The van der Waals surface area contributed by atoms with E-state index in [4.69, 9.17) is 5.11 Å². The third-order valence-corrected chi connectivity index (χ3v) is 2.55. The summed E-state index contributed by atoms with van der Waals surface area (Å²) >= 11 is 0. The van der Waals surface area contributed by atoms with Gasteiger partial charge >= 0.3 is 5.97 Å². The van der Waals surface area contributed by atoms with Crippen LogP contribution in [-0.4, -0.2) is 16.1 Å².